The fourth-order valence-electron chi connectivity index (χ4n) is 1.77. The van der Waals surface area contributed by atoms with Crippen molar-refractivity contribution in [3.63, 3.8) is 0 Å². The lowest BCUT2D eigenvalue weighted by Gasteiger charge is -2.35. The van der Waals surface area contributed by atoms with Crippen molar-refractivity contribution in [3.05, 3.63) is 0 Å². The first-order valence-electron chi connectivity index (χ1n) is 4.66. The fraction of sp³-hybridized carbons (Fsp3) is 0.889. The van der Waals surface area contributed by atoms with Crippen LogP contribution < -0.4 is 5.73 Å². The number of hydrogen-bond acceptors (Lipinski definition) is 2. The van der Waals surface area contributed by atoms with E-state index in [4.69, 9.17) is 5.73 Å². The van der Waals surface area contributed by atoms with Gasteiger partial charge in [-0.15, -0.1) is 12.4 Å². The zero-order valence-electron chi connectivity index (χ0n) is 8.32. The molecule has 1 aliphatic rings. The van der Waals surface area contributed by atoms with Crippen molar-refractivity contribution in [3.8, 4) is 0 Å². The normalized spacial score (nSPS) is 28.1. The van der Waals surface area contributed by atoms with E-state index in [-0.39, 0.29) is 18.3 Å². The van der Waals surface area contributed by atoms with Crippen LogP contribution in [0.25, 0.3) is 0 Å². The van der Waals surface area contributed by atoms with Crippen LogP contribution >= 0.6 is 12.4 Å². The largest absolute Gasteiger partial charge is 0.343 e. The van der Waals surface area contributed by atoms with E-state index in [1.54, 1.807) is 6.92 Å². The van der Waals surface area contributed by atoms with Gasteiger partial charge in [-0.2, -0.15) is 0 Å². The molecule has 1 heterocycles. The maximum Gasteiger partial charge on any atom is 0.219 e. The zero-order valence-corrected chi connectivity index (χ0v) is 9.14. The lowest BCUT2D eigenvalue weighted by molar-refractivity contribution is -0.130. The Morgan fingerprint density at radius 1 is 1.62 bits per heavy atom. The minimum atomic E-state index is 0. The predicted molar refractivity (Wildman–Crippen MR) is 55.9 cm³/mol. The highest BCUT2D eigenvalue weighted by Crippen LogP contribution is 2.18. The number of likely N-dealkylation sites (tertiary alicyclic amines) is 1. The summed E-state index contributed by atoms with van der Waals surface area (Å²) in [6.07, 6.45) is 2.03. The van der Waals surface area contributed by atoms with Crippen molar-refractivity contribution in [1.82, 2.24) is 4.90 Å². The number of carbonyl (C=O) groups excluding carboxylic acids is 1. The molecule has 0 radical (unpaired) electrons. The average molecular weight is 207 g/mol. The number of amides is 1. The van der Waals surface area contributed by atoms with Gasteiger partial charge in [-0.3, -0.25) is 4.79 Å². The first-order chi connectivity index (χ1) is 5.65. The van der Waals surface area contributed by atoms with Crippen LogP contribution in [-0.2, 0) is 4.79 Å². The summed E-state index contributed by atoms with van der Waals surface area (Å²) in [5, 5.41) is 0. The molecule has 1 fully saturated rings. The van der Waals surface area contributed by atoms with Crippen LogP contribution in [0.3, 0.4) is 0 Å². The van der Waals surface area contributed by atoms with Gasteiger partial charge in [0.1, 0.15) is 0 Å². The Kier molecular flexibility index (Phi) is 5.33. The van der Waals surface area contributed by atoms with Crippen LogP contribution in [0.15, 0.2) is 0 Å². The molecule has 2 unspecified atom stereocenters. The number of hydrogen-bond donors (Lipinski definition) is 1. The monoisotopic (exact) mass is 206 g/mol. The summed E-state index contributed by atoms with van der Waals surface area (Å²) < 4.78 is 0. The van der Waals surface area contributed by atoms with Crippen molar-refractivity contribution in [2.75, 3.05) is 13.1 Å². The van der Waals surface area contributed by atoms with E-state index in [0.717, 1.165) is 25.9 Å². The second-order valence-corrected chi connectivity index (χ2v) is 3.59. The molecule has 2 atom stereocenters. The average Bonchev–Trinajstić information content (AvgIpc) is 2.05. The van der Waals surface area contributed by atoms with Gasteiger partial charge in [0.15, 0.2) is 0 Å². The predicted octanol–water partition coefficient (Wildman–Crippen LogP) is 1.01. The van der Waals surface area contributed by atoms with Gasteiger partial charge in [-0.05, 0) is 12.3 Å². The third-order valence-corrected chi connectivity index (χ3v) is 2.76. The number of nitrogens with zero attached hydrogens (tertiary/aromatic N) is 1. The Labute approximate surface area is 86.1 Å². The highest BCUT2D eigenvalue weighted by molar-refractivity contribution is 5.85. The van der Waals surface area contributed by atoms with Gasteiger partial charge in [0.2, 0.25) is 5.91 Å². The molecule has 78 valence electrons. The highest BCUT2D eigenvalue weighted by Gasteiger charge is 2.26. The van der Waals surface area contributed by atoms with Crippen molar-refractivity contribution in [1.29, 1.82) is 0 Å². The van der Waals surface area contributed by atoms with Crippen LogP contribution in [0.5, 0.6) is 0 Å². The Morgan fingerprint density at radius 3 is 2.69 bits per heavy atom. The Morgan fingerprint density at radius 2 is 2.23 bits per heavy atom. The molecule has 4 heteroatoms. The molecule has 0 saturated carbocycles. The third kappa shape index (κ3) is 3.16. The van der Waals surface area contributed by atoms with Gasteiger partial charge < -0.3 is 10.6 Å². The van der Waals surface area contributed by atoms with Crippen LogP contribution in [0, 0.1) is 5.92 Å². The maximum atomic E-state index is 11.1. The Balaban J connectivity index is 0.00000144. The molecule has 3 nitrogen and oxygen atoms in total. The lowest BCUT2D eigenvalue weighted by Crippen LogP contribution is -2.48. The summed E-state index contributed by atoms with van der Waals surface area (Å²) in [5.74, 6) is 0.683. The summed E-state index contributed by atoms with van der Waals surface area (Å²) in [7, 11) is 0. The maximum absolute atomic E-state index is 11.1. The topological polar surface area (TPSA) is 46.3 Å². The first-order valence-corrected chi connectivity index (χ1v) is 4.66. The SMILES string of the molecule is CCC1CN(C(C)=O)CCC1N.Cl. The number of carbonyl (C=O) groups is 1. The molecule has 0 aromatic carbocycles. The number of halogens is 1. The molecule has 0 aromatic heterocycles. The summed E-state index contributed by atoms with van der Waals surface area (Å²) in [6.45, 7) is 5.46. The van der Waals surface area contributed by atoms with Crippen molar-refractivity contribution in [2.24, 2.45) is 11.7 Å². The van der Waals surface area contributed by atoms with E-state index < -0.39 is 0 Å². The van der Waals surface area contributed by atoms with Crippen LogP contribution in [0.2, 0.25) is 0 Å². The van der Waals surface area contributed by atoms with Gasteiger partial charge in [0, 0.05) is 26.1 Å². The van der Waals surface area contributed by atoms with Gasteiger partial charge in [-0.1, -0.05) is 13.3 Å². The summed E-state index contributed by atoms with van der Waals surface area (Å²) in [6, 6.07) is 0.297. The molecule has 0 bridgehead atoms. The summed E-state index contributed by atoms with van der Waals surface area (Å²) in [5.41, 5.74) is 5.91. The van der Waals surface area contributed by atoms with E-state index in [9.17, 15) is 4.79 Å². The van der Waals surface area contributed by atoms with Gasteiger partial charge in [-0.25, -0.2) is 0 Å². The molecular formula is C9H19ClN2O. The standard InChI is InChI=1S/C9H18N2O.ClH/c1-3-8-6-11(7(2)12)5-4-9(8)10;/h8-9H,3-6,10H2,1-2H3;1H. The van der Waals surface area contributed by atoms with Gasteiger partial charge in [0.25, 0.3) is 0 Å². The number of piperidine rings is 1. The smallest absolute Gasteiger partial charge is 0.219 e. The van der Waals surface area contributed by atoms with E-state index in [1.165, 1.54) is 0 Å². The van der Waals surface area contributed by atoms with E-state index >= 15 is 0 Å². The second kappa shape index (κ2) is 5.45. The second-order valence-electron chi connectivity index (χ2n) is 3.59. The molecular weight excluding hydrogens is 188 g/mol. The van der Waals surface area contributed by atoms with E-state index in [2.05, 4.69) is 6.92 Å². The molecule has 13 heavy (non-hydrogen) atoms. The van der Waals surface area contributed by atoms with Crippen molar-refractivity contribution in [2.45, 2.75) is 32.7 Å². The summed E-state index contributed by atoms with van der Waals surface area (Å²) in [4.78, 5) is 13.0. The third-order valence-electron chi connectivity index (χ3n) is 2.76. The Bertz CT molecular complexity index is 175. The van der Waals surface area contributed by atoms with E-state index in [0.29, 0.717) is 12.0 Å². The molecule has 0 spiro atoms. The minimum Gasteiger partial charge on any atom is -0.343 e. The Hall–Kier alpha value is -0.280. The fourth-order valence-corrected chi connectivity index (χ4v) is 1.77. The van der Waals surface area contributed by atoms with Crippen LogP contribution in [-0.4, -0.2) is 29.9 Å². The summed E-state index contributed by atoms with van der Waals surface area (Å²) >= 11 is 0. The number of rotatable bonds is 1. The minimum absolute atomic E-state index is 0. The molecule has 0 aromatic rings. The molecule has 1 amide bonds. The molecule has 0 aliphatic carbocycles. The van der Waals surface area contributed by atoms with Gasteiger partial charge in [0.05, 0.1) is 0 Å². The first kappa shape index (κ1) is 12.7. The lowest BCUT2D eigenvalue weighted by atomic mass is 9.91. The van der Waals surface area contributed by atoms with E-state index in [1.807, 2.05) is 4.90 Å². The molecule has 2 N–H and O–H groups in total. The molecule has 1 aliphatic heterocycles. The van der Waals surface area contributed by atoms with Gasteiger partial charge >= 0.3 is 0 Å². The van der Waals surface area contributed by atoms with Crippen LogP contribution in [0.4, 0.5) is 0 Å². The van der Waals surface area contributed by atoms with Crippen molar-refractivity contribution < 1.29 is 4.79 Å². The quantitative estimate of drug-likeness (QED) is 0.696. The highest BCUT2D eigenvalue weighted by atomic mass is 35.5. The molecule has 1 rings (SSSR count). The molecule has 1 saturated heterocycles. The van der Waals surface area contributed by atoms with Crippen LogP contribution in [0.1, 0.15) is 26.7 Å². The van der Waals surface area contributed by atoms with Crippen molar-refractivity contribution >= 4 is 18.3 Å². The number of nitrogens with two attached hydrogens (primary N) is 1. The zero-order chi connectivity index (χ0) is 9.14.